The first-order chi connectivity index (χ1) is 15.4. The number of nitrogens with one attached hydrogen (secondary N) is 2. The summed E-state index contributed by atoms with van der Waals surface area (Å²) in [6, 6.07) is 4.05. The van der Waals surface area contributed by atoms with Gasteiger partial charge in [0.1, 0.15) is 5.82 Å². The topological polar surface area (TPSA) is 145 Å². The Morgan fingerprint density at radius 3 is 2.78 bits per heavy atom. The molecule has 0 spiro atoms. The van der Waals surface area contributed by atoms with Crippen LogP contribution in [0, 0.1) is 5.82 Å². The minimum Gasteiger partial charge on any atom is -0.385 e. The normalized spacial score (nSPS) is 17.1. The maximum absolute atomic E-state index is 13.4. The fraction of sp³-hybridized carbons (Fsp3) is 0.471. The first-order valence-corrected chi connectivity index (χ1v) is 11.8. The first kappa shape index (κ1) is 24.5. The van der Waals surface area contributed by atoms with Crippen LogP contribution in [0.1, 0.15) is 12.1 Å². The van der Waals surface area contributed by atoms with Gasteiger partial charge in [0, 0.05) is 46.4 Å². The number of hydrogen-bond donors (Lipinski definition) is 3. The summed E-state index contributed by atoms with van der Waals surface area (Å²) in [6.07, 6.45) is 0.622. The molecule has 0 unspecified atom stereocenters. The van der Waals surface area contributed by atoms with Crippen LogP contribution in [0.2, 0.25) is 0 Å². The van der Waals surface area contributed by atoms with E-state index in [-0.39, 0.29) is 34.9 Å². The van der Waals surface area contributed by atoms with Crippen LogP contribution in [0.5, 0.6) is 0 Å². The Hall–Kier alpha value is -2.17. The van der Waals surface area contributed by atoms with Crippen LogP contribution >= 0.6 is 15.9 Å². The van der Waals surface area contributed by atoms with Gasteiger partial charge in [0.05, 0.1) is 10.2 Å². The van der Waals surface area contributed by atoms with E-state index in [0.717, 1.165) is 0 Å². The molecule has 32 heavy (non-hydrogen) atoms. The molecule has 2 heterocycles. The quantitative estimate of drug-likeness (QED) is 0.177. The predicted molar refractivity (Wildman–Crippen MR) is 117 cm³/mol. The summed E-state index contributed by atoms with van der Waals surface area (Å²) < 4.78 is 51.3. The van der Waals surface area contributed by atoms with Gasteiger partial charge in [-0.2, -0.15) is 17.0 Å². The molecule has 0 radical (unpaired) electrons. The molecule has 1 saturated heterocycles. The standard InChI is InChI=1S/C17H23BrFN7O5S/c1-30-10-2-6-25-8-9-26(32(25,28)29)7-5-20-16-15(23-31-24-16)17(22-27)21-12-3-4-14(19)13(18)11-12/h3-4,11,27H,2,5-10H2,1H3,(H,20,24)(H,21,22). The van der Waals surface area contributed by atoms with Gasteiger partial charge in [-0.1, -0.05) is 0 Å². The fourth-order valence-corrected chi connectivity index (χ4v) is 5.03. The summed E-state index contributed by atoms with van der Waals surface area (Å²) in [6.45, 7) is 2.10. The van der Waals surface area contributed by atoms with E-state index in [9.17, 15) is 18.0 Å². The predicted octanol–water partition coefficient (Wildman–Crippen LogP) is 1.34. The first-order valence-electron chi connectivity index (χ1n) is 9.61. The highest BCUT2D eigenvalue weighted by molar-refractivity contribution is 9.10. The monoisotopic (exact) mass is 535 g/mol. The van der Waals surface area contributed by atoms with Gasteiger partial charge in [-0.3, -0.25) is 10.7 Å². The molecule has 15 heteroatoms. The van der Waals surface area contributed by atoms with E-state index in [1.165, 1.54) is 26.8 Å². The summed E-state index contributed by atoms with van der Waals surface area (Å²) >= 11 is 3.07. The molecule has 3 N–H and O–H groups in total. The van der Waals surface area contributed by atoms with E-state index in [2.05, 4.69) is 36.6 Å². The van der Waals surface area contributed by atoms with Crippen molar-refractivity contribution in [2.75, 3.05) is 51.8 Å². The number of amidine groups is 1. The van der Waals surface area contributed by atoms with E-state index in [4.69, 9.17) is 9.37 Å². The lowest BCUT2D eigenvalue weighted by Gasteiger charge is -2.18. The van der Waals surface area contributed by atoms with Crippen LogP contribution in [0.3, 0.4) is 0 Å². The summed E-state index contributed by atoms with van der Waals surface area (Å²) in [5, 5.41) is 19.9. The second-order valence-corrected chi connectivity index (χ2v) is 9.49. The van der Waals surface area contributed by atoms with Crippen molar-refractivity contribution in [2.24, 2.45) is 4.99 Å². The molecule has 0 bridgehead atoms. The smallest absolute Gasteiger partial charge is 0.282 e. The molecular formula is C17H23BrFN7O5S. The molecule has 1 aliphatic heterocycles. The van der Waals surface area contributed by atoms with E-state index in [1.54, 1.807) is 7.11 Å². The maximum atomic E-state index is 13.4. The zero-order valence-electron chi connectivity index (χ0n) is 17.2. The van der Waals surface area contributed by atoms with Gasteiger partial charge in [-0.25, -0.2) is 14.0 Å². The van der Waals surface area contributed by atoms with Gasteiger partial charge in [0.25, 0.3) is 10.2 Å². The van der Waals surface area contributed by atoms with Gasteiger partial charge in [-0.15, -0.1) is 0 Å². The number of halogens is 2. The van der Waals surface area contributed by atoms with Crippen molar-refractivity contribution in [1.29, 1.82) is 0 Å². The van der Waals surface area contributed by atoms with E-state index < -0.39 is 16.0 Å². The van der Waals surface area contributed by atoms with E-state index in [1.807, 2.05) is 5.48 Å². The maximum Gasteiger partial charge on any atom is 0.282 e. The van der Waals surface area contributed by atoms with Crippen LogP contribution in [0.15, 0.2) is 32.3 Å². The second kappa shape index (κ2) is 11.1. The number of ether oxygens (including phenoxy) is 1. The third-order valence-electron chi connectivity index (χ3n) is 4.62. The molecule has 0 aliphatic carbocycles. The van der Waals surface area contributed by atoms with Crippen molar-refractivity contribution in [3.8, 4) is 0 Å². The molecule has 1 fully saturated rings. The number of hydroxylamine groups is 1. The number of benzene rings is 1. The number of anilines is 1. The highest BCUT2D eigenvalue weighted by Crippen LogP contribution is 2.23. The van der Waals surface area contributed by atoms with Gasteiger partial charge < -0.3 is 10.1 Å². The van der Waals surface area contributed by atoms with Crippen LogP contribution in [-0.4, -0.2) is 84.8 Å². The van der Waals surface area contributed by atoms with Crippen LogP contribution < -0.4 is 10.8 Å². The number of methoxy groups -OCH3 is 1. The molecular weight excluding hydrogens is 513 g/mol. The van der Waals surface area contributed by atoms with Crippen molar-refractivity contribution < 1.29 is 27.4 Å². The highest BCUT2D eigenvalue weighted by Gasteiger charge is 2.35. The number of aliphatic imine (C=N–C) groups is 1. The molecule has 1 aromatic carbocycles. The lowest BCUT2D eigenvalue weighted by Crippen LogP contribution is -2.36. The summed E-state index contributed by atoms with van der Waals surface area (Å²) in [7, 11) is -1.95. The summed E-state index contributed by atoms with van der Waals surface area (Å²) in [5.74, 6) is -0.396. The number of nitrogens with zero attached hydrogens (tertiary/aromatic N) is 5. The third-order valence-corrected chi connectivity index (χ3v) is 7.27. The SMILES string of the molecule is COCCCN1CCN(CCNc2nonc2C(=Nc2ccc(F)c(Br)c2)NO)S1(=O)=O. The molecule has 0 atom stereocenters. The lowest BCUT2D eigenvalue weighted by atomic mass is 10.3. The van der Waals surface area contributed by atoms with Crippen molar-refractivity contribution >= 4 is 43.5 Å². The average Bonchev–Trinajstić information content (AvgIpc) is 3.34. The Bertz CT molecular complexity index is 1050. The van der Waals surface area contributed by atoms with Crippen LogP contribution in [0.25, 0.3) is 0 Å². The largest absolute Gasteiger partial charge is 0.385 e. The number of rotatable bonds is 10. The lowest BCUT2D eigenvalue weighted by molar-refractivity contribution is 0.188. The van der Waals surface area contributed by atoms with Gasteiger partial charge in [0.15, 0.2) is 11.5 Å². The molecule has 1 aliphatic rings. The molecule has 0 amide bonds. The molecule has 1 aromatic heterocycles. The minimum absolute atomic E-state index is 0.0680. The average molecular weight is 536 g/mol. The van der Waals surface area contributed by atoms with Crippen molar-refractivity contribution in [2.45, 2.75) is 6.42 Å². The fourth-order valence-electron chi connectivity index (χ4n) is 3.03. The third kappa shape index (κ3) is 5.79. The van der Waals surface area contributed by atoms with Gasteiger partial charge in [0.2, 0.25) is 5.82 Å². The second-order valence-electron chi connectivity index (χ2n) is 6.71. The summed E-state index contributed by atoms with van der Waals surface area (Å²) in [4.78, 5) is 4.17. The molecule has 3 rings (SSSR count). The Morgan fingerprint density at radius 2 is 2.09 bits per heavy atom. The number of hydrogen-bond acceptors (Lipinski definition) is 9. The van der Waals surface area contributed by atoms with Crippen LogP contribution in [0.4, 0.5) is 15.9 Å². The minimum atomic E-state index is -3.53. The van der Waals surface area contributed by atoms with Gasteiger partial charge in [-0.05, 0) is 50.9 Å². The Kier molecular flexibility index (Phi) is 8.50. The zero-order chi connectivity index (χ0) is 23.1. The number of aromatic nitrogens is 2. The zero-order valence-corrected chi connectivity index (χ0v) is 19.6. The highest BCUT2D eigenvalue weighted by atomic mass is 79.9. The van der Waals surface area contributed by atoms with Crippen LogP contribution in [-0.2, 0) is 14.9 Å². The van der Waals surface area contributed by atoms with E-state index >= 15 is 0 Å². The van der Waals surface area contributed by atoms with Crippen molar-refractivity contribution in [3.05, 3.63) is 34.2 Å². The Balaban J connectivity index is 1.62. The molecule has 2 aromatic rings. The van der Waals surface area contributed by atoms with Crippen molar-refractivity contribution in [3.63, 3.8) is 0 Å². The summed E-state index contributed by atoms with van der Waals surface area (Å²) in [5.41, 5.74) is 2.32. The van der Waals surface area contributed by atoms with Crippen molar-refractivity contribution in [1.82, 2.24) is 24.4 Å². The van der Waals surface area contributed by atoms with Gasteiger partial charge >= 0.3 is 0 Å². The molecule has 12 nitrogen and oxygen atoms in total. The Labute approximate surface area is 192 Å². The van der Waals surface area contributed by atoms with E-state index in [0.29, 0.717) is 38.3 Å². The Morgan fingerprint density at radius 1 is 1.34 bits per heavy atom. The molecule has 0 saturated carbocycles. The molecule has 176 valence electrons.